The summed E-state index contributed by atoms with van der Waals surface area (Å²) in [4.78, 5) is 3.93. The number of thiophene rings is 1. The van der Waals surface area contributed by atoms with Crippen LogP contribution in [0.3, 0.4) is 0 Å². The van der Waals surface area contributed by atoms with Gasteiger partial charge in [0.15, 0.2) is 0 Å². The first kappa shape index (κ1) is 18.2. The van der Waals surface area contributed by atoms with Crippen LogP contribution in [0.1, 0.15) is 27.7 Å². The zero-order valence-corrected chi connectivity index (χ0v) is 15.3. The van der Waals surface area contributed by atoms with Crippen molar-refractivity contribution in [2.75, 3.05) is 6.54 Å². The summed E-state index contributed by atoms with van der Waals surface area (Å²) in [5.74, 6) is 0. The highest BCUT2D eigenvalue weighted by Crippen LogP contribution is 2.24. The van der Waals surface area contributed by atoms with Gasteiger partial charge in [0.1, 0.15) is 0 Å². The summed E-state index contributed by atoms with van der Waals surface area (Å²) >= 11 is 1.62. The second kappa shape index (κ2) is 9.78. The van der Waals surface area contributed by atoms with Crippen LogP contribution in [0.2, 0.25) is 0 Å². The van der Waals surface area contributed by atoms with Gasteiger partial charge in [0.2, 0.25) is 0 Å². The van der Waals surface area contributed by atoms with Gasteiger partial charge in [-0.05, 0) is 46.5 Å². The highest BCUT2D eigenvalue weighted by Gasteiger charge is 2.12. The molecule has 3 rings (SSSR count). The Balaban J connectivity index is 1.53. The van der Waals surface area contributed by atoms with Crippen LogP contribution in [-0.2, 0) is 24.2 Å². The highest BCUT2D eigenvalue weighted by atomic mass is 32.1. The fourth-order valence-electron chi connectivity index (χ4n) is 2.74. The Morgan fingerprint density at radius 1 is 0.885 bits per heavy atom. The normalized spacial score (nSPS) is 11.7. The molecule has 0 aliphatic rings. The lowest BCUT2D eigenvalue weighted by molar-refractivity contribution is 0.0480. The van der Waals surface area contributed by atoms with Gasteiger partial charge >= 0.3 is 0 Å². The molecule has 4 nitrogen and oxygen atoms in total. The molecule has 1 atom stereocenters. The third-order valence-corrected chi connectivity index (χ3v) is 5.15. The molecule has 1 aromatic heterocycles. The molecular weight excluding hydrogens is 342 g/mol. The molecule has 0 amide bonds. The largest absolute Gasteiger partial charge is 0.368 e. The Kier molecular flexibility index (Phi) is 6.85. The number of nitrogens with zero attached hydrogens (tertiary/aromatic N) is 3. The third-order valence-electron chi connectivity index (χ3n) is 4.19. The number of hydrogen-bond acceptors (Lipinski definition) is 3. The SMILES string of the molecule is [N-]=[N+]=NCC(OCc1ccc(CCc2ccccc2)cc1)c1cccs1. The lowest BCUT2D eigenvalue weighted by Gasteiger charge is -2.14. The fourth-order valence-corrected chi connectivity index (χ4v) is 3.51. The molecule has 3 aromatic rings. The van der Waals surface area contributed by atoms with E-state index in [-0.39, 0.29) is 6.10 Å². The van der Waals surface area contributed by atoms with Gasteiger partial charge in [0, 0.05) is 9.79 Å². The molecule has 2 aromatic carbocycles. The van der Waals surface area contributed by atoms with Crippen LogP contribution < -0.4 is 0 Å². The third kappa shape index (κ3) is 5.46. The summed E-state index contributed by atoms with van der Waals surface area (Å²) in [6, 6.07) is 23.1. The van der Waals surface area contributed by atoms with Gasteiger partial charge in [-0.25, -0.2) is 0 Å². The molecule has 0 N–H and O–H groups in total. The monoisotopic (exact) mass is 363 g/mol. The molecule has 0 aliphatic carbocycles. The molecule has 5 heteroatoms. The number of aryl methyl sites for hydroxylation is 2. The highest BCUT2D eigenvalue weighted by molar-refractivity contribution is 7.10. The Labute approximate surface area is 157 Å². The van der Waals surface area contributed by atoms with E-state index in [1.165, 1.54) is 11.1 Å². The van der Waals surface area contributed by atoms with Crippen molar-refractivity contribution >= 4 is 11.3 Å². The minimum absolute atomic E-state index is 0.191. The average molecular weight is 363 g/mol. The zero-order chi connectivity index (χ0) is 18.0. The van der Waals surface area contributed by atoms with Crippen molar-refractivity contribution in [3.05, 3.63) is 104 Å². The summed E-state index contributed by atoms with van der Waals surface area (Å²) in [7, 11) is 0. The summed E-state index contributed by atoms with van der Waals surface area (Å²) < 4.78 is 5.99. The molecule has 0 radical (unpaired) electrons. The zero-order valence-electron chi connectivity index (χ0n) is 14.5. The molecule has 0 bridgehead atoms. The first-order valence-corrected chi connectivity index (χ1v) is 9.51. The van der Waals surface area contributed by atoms with Crippen molar-refractivity contribution < 1.29 is 4.74 Å². The lowest BCUT2D eigenvalue weighted by Crippen LogP contribution is -2.06. The van der Waals surface area contributed by atoms with Crippen molar-refractivity contribution in [2.45, 2.75) is 25.6 Å². The molecule has 1 heterocycles. The van der Waals surface area contributed by atoms with Crippen molar-refractivity contribution in [1.29, 1.82) is 0 Å². The maximum absolute atomic E-state index is 8.57. The number of benzene rings is 2. The summed E-state index contributed by atoms with van der Waals surface area (Å²) in [6.07, 6.45) is 1.88. The second-order valence-corrected chi connectivity index (χ2v) is 7.01. The Morgan fingerprint density at radius 2 is 1.58 bits per heavy atom. The number of hydrogen-bond donors (Lipinski definition) is 0. The second-order valence-electron chi connectivity index (χ2n) is 6.03. The summed E-state index contributed by atoms with van der Waals surface area (Å²) in [5.41, 5.74) is 12.4. The van der Waals surface area contributed by atoms with Gasteiger partial charge in [-0.1, -0.05) is 65.8 Å². The van der Waals surface area contributed by atoms with E-state index in [0.29, 0.717) is 13.2 Å². The first-order chi connectivity index (χ1) is 12.8. The number of rotatable bonds is 9. The van der Waals surface area contributed by atoms with E-state index in [0.717, 1.165) is 23.3 Å². The Morgan fingerprint density at radius 3 is 2.23 bits per heavy atom. The van der Waals surface area contributed by atoms with Gasteiger partial charge in [-0.3, -0.25) is 0 Å². The molecule has 1 unspecified atom stereocenters. The molecule has 132 valence electrons. The van der Waals surface area contributed by atoms with E-state index < -0.39 is 0 Å². The Hall–Kier alpha value is -2.59. The fraction of sp³-hybridized carbons (Fsp3) is 0.238. The maximum atomic E-state index is 8.57. The van der Waals surface area contributed by atoms with Crippen LogP contribution in [0, 0.1) is 0 Å². The lowest BCUT2D eigenvalue weighted by atomic mass is 10.0. The van der Waals surface area contributed by atoms with E-state index in [1.807, 2.05) is 23.6 Å². The minimum Gasteiger partial charge on any atom is -0.368 e. The summed E-state index contributed by atoms with van der Waals surface area (Å²) in [6.45, 7) is 0.814. The van der Waals surface area contributed by atoms with Crippen LogP contribution in [0.4, 0.5) is 0 Å². The van der Waals surface area contributed by atoms with Crippen molar-refractivity contribution in [1.82, 2.24) is 0 Å². The minimum atomic E-state index is -0.191. The maximum Gasteiger partial charge on any atom is 0.0977 e. The van der Waals surface area contributed by atoms with Crippen LogP contribution in [0.15, 0.2) is 77.2 Å². The topological polar surface area (TPSA) is 58.0 Å². The smallest absolute Gasteiger partial charge is 0.0977 e. The molecule has 0 aliphatic heterocycles. The predicted octanol–water partition coefficient (Wildman–Crippen LogP) is 6.10. The predicted molar refractivity (Wildman–Crippen MR) is 106 cm³/mol. The quantitative estimate of drug-likeness (QED) is 0.257. The van der Waals surface area contributed by atoms with Crippen LogP contribution >= 0.6 is 11.3 Å². The molecule has 0 saturated carbocycles. The molecule has 26 heavy (non-hydrogen) atoms. The van der Waals surface area contributed by atoms with E-state index in [4.69, 9.17) is 10.3 Å². The molecular formula is C21H21N3OS. The van der Waals surface area contributed by atoms with Crippen LogP contribution in [0.25, 0.3) is 10.4 Å². The van der Waals surface area contributed by atoms with E-state index in [2.05, 4.69) is 58.6 Å². The van der Waals surface area contributed by atoms with Gasteiger partial charge in [-0.15, -0.1) is 11.3 Å². The first-order valence-electron chi connectivity index (χ1n) is 8.63. The molecule has 0 fully saturated rings. The van der Waals surface area contributed by atoms with Crippen LogP contribution in [0.5, 0.6) is 0 Å². The molecule has 0 spiro atoms. The average Bonchev–Trinajstić information content (AvgIpc) is 3.23. The van der Waals surface area contributed by atoms with E-state index >= 15 is 0 Å². The van der Waals surface area contributed by atoms with E-state index in [9.17, 15) is 0 Å². The molecule has 0 saturated heterocycles. The van der Waals surface area contributed by atoms with Crippen molar-refractivity contribution in [2.24, 2.45) is 5.11 Å². The van der Waals surface area contributed by atoms with E-state index in [1.54, 1.807) is 11.3 Å². The standard InChI is InChI=1S/C21H21N3OS/c22-24-23-15-20(21-7-4-14-26-21)25-16-19-12-10-18(11-13-19)9-8-17-5-2-1-3-6-17/h1-7,10-14,20H,8-9,15-16H2. The van der Waals surface area contributed by atoms with Crippen molar-refractivity contribution in [3.63, 3.8) is 0 Å². The van der Waals surface area contributed by atoms with Crippen molar-refractivity contribution in [3.8, 4) is 0 Å². The number of ether oxygens (including phenoxy) is 1. The summed E-state index contributed by atoms with van der Waals surface area (Å²) in [5, 5.41) is 5.67. The van der Waals surface area contributed by atoms with Gasteiger partial charge in [0.05, 0.1) is 19.3 Å². The van der Waals surface area contributed by atoms with Gasteiger partial charge in [0.25, 0.3) is 0 Å². The van der Waals surface area contributed by atoms with Crippen LogP contribution in [-0.4, -0.2) is 6.54 Å². The Bertz CT molecular complexity index is 825. The number of azide groups is 1. The van der Waals surface area contributed by atoms with Gasteiger partial charge in [-0.2, -0.15) is 0 Å². The van der Waals surface area contributed by atoms with Gasteiger partial charge < -0.3 is 4.74 Å².